The van der Waals surface area contributed by atoms with Crippen LogP contribution < -0.4 is 0 Å². The molecule has 0 fully saturated rings. The molecule has 0 heterocycles. The molecule has 2 rings (SSSR count). The first-order valence-electron chi connectivity index (χ1n) is 5.81. The van der Waals surface area contributed by atoms with Gasteiger partial charge in [-0.25, -0.2) is 0 Å². The van der Waals surface area contributed by atoms with Crippen LogP contribution in [0.15, 0.2) is 36.4 Å². The zero-order chi connectivity index (χ0) is 12.3. The van der Waals surface area contributed by atoms with E-state index in [1.807, 2.05) is 0 Å². The Balaban J connectivity index is 2.34. The Morgan fingerprint density at radius 3 is 2.76 bits per heavy atom. The predicted octanol–water partition coefficient (Wildman–Crippen LogP) is 3.79. The molecule has 0 aliphatic heterocycles. The Bertz CT molecular complexity index is 546. The van der Waals surface area contributed by atoms with Crippen LogP contribution in [0.5, 0.6) is 0 Å². The molecule has 2 aromatic rings. The van der Waals surface area contributed by atoms with Gasteiger partial charge in [0.2, 0.25) is 0 Å². The van der Waals surface area contributed by atoms with Gasteiger partial charge >= 0.3 is 0 Å². The van der Waals surface area contributed by atoms with Gasteiger partial charge in [-0.3, -0.25) is 0 Å². The standard InChI is InChI=1S/C15H16OS/c1-11(16)5-6-12-7-8-15-13(9-12)3-2-4-14(15)10-17/h2-4,7-9,17H,5-6,10H2,1H3. The molecule has 0 radical (unpaired) electrons. The number of carbonyl (C=O) groups is 1. The summed E-state index contributed by atoms with van der Waals surface area (Å²) in [4.78, 5) is 11.0. The smallest absolute Gasteiger partial charge is 0.130 e. The summed E-state index contributed by atoms with van der Waals surface area (Å²) in [6.45, 7) is 1.64. The topological polar surface area (TPSA) is 17.1 Å². The van der Waals surface area contributed by atoms with Crippen LogP contribution in [0.25, 0.3) is 10.8 Å². The quantitative estimate of drug-likeness (QED) is 0.810. The molecule has 0 aliphatic carbocycles. The lowest BCUT2D eigenvalue weighted by Crippen LogP contribution is -1.94. The third-order valence-corrected chi connectivity index (χ3v) is 3.31. The molecule has 88 valence electrons. The number of benzene rings is 2. The summed E-state index contributed by atoms with van der Waals surface area (Å²) in [5.74, 6) is 0.999. The number of ketones is 1. The van der Waals surface area contributed by atoms with Crippen molar-refractivity contribution in [2.45, 2.75) is 25.5 Å². The van der Waals surface area contributed by atoms with E-state index in [4.69, 9.17) is 0 Å². The molecule has 2 heteroatoms. The fourth-order valence-electron chi connectivity index (χ4n) is 2.01. The van der Waals surface area contributed by atoms with E-state index in [2.05, 4.69) is 49.0 Å². The molecule has 1 nitrogen and oxygen atoms in total. The van der Waals surface area contributed by atoms with Gasteiger partial charge in [-0.15, -0.1) is 0 Å². The van der Waals surface area contributed by atoms with Gasteiger partial charge in [-0.1, -0.05) is 36.4 Å². The molecule has 0 bridgehead atoms. The van der Waals surface area contributed by atoms with Crippen molar-refractivity contribution in [3.8, 4) is 0 Å². The summed E-state index contributed by atoms with van der Waals surface area (Å²) in [7, 11) is 0. The maximum absolute atomic E-state index is 11.0. The zero-order valence-corrected chi connectivity index (χ0v) is 10.8. The van der Waals surface area contributed by atoms with Crippen LogP contribution >= 0.6 is 12.6 Å². The number of thiol groups is 1. The minimum atomic E-state index is 0.245. The third kappa shape index (κ3) is 2.89. The maximum Gasteiger partial charge on any atom is 0.130 e. The lowest BCUT2D eigenvalue weighted by molar-refractivity contribution is -0.116. The number of aryl methyl sites for hydroxylation is 1. The molecule has 2 aromatic carbocycles. The number of fused-ring (bicyclic) bond motifs is 1. The predicted molar refractivity (Wildman–Crippen MR) is 75.6 cm³/mol. The summed E-state index contributed by atoms with van der Waals surface area (Å²) >= 11 is 4.34. The normalized spacial score (nSPS) is 10.7. The van der Waals surface area contributed by atoms with Crippen LogP contribution in [0.2, 0.25) is 0 Å². The zero-order valence-electron chi connectivity index (χ0n) is 9.94. The Kier molecular flexibility index (Phi) is 3.85. The maximum atomic E-state index is 11.0. The van der Waals surface area contributed by atoms with Crippen LogP contribution in [0.3, 0.4) is 0 Å². The highest BCUT2D eigenvalue weighted by atomic mass is 32.1. The highest BCUT2D eigenvalue weighted by Gasteiger charge is 2.02. The van der Waals surface area contributed by atoms with Gasteiger partial charge < -0.3 is 4.79 Å². The highest BCUT2D eigenvalue weighted by Crippen LogP contribution is 2.22. The van der Waals surface area contributed by atoms with Gasteiger partial charge in [-0.2, -0.15) is 12.6 Å². The van der Waals surface area contributed by atoms with E-state index in [1.165, 1.54) is 21.9 Å². The van der Waals surface area contributed by atoms with Crippen molar-refractivity contribution in [3.63, 3.8) is 0 Å². The highest BCUT2D eigenvalue weighted by molar-refractivity contribution is 7.79. The van der Waals surface area contributed by atoms with E-state index >= 15 is 0 Å². The van der Waals surface area contributed by atoms with Crippen LogP contribution in [0.1, 0.15) is 24.5 Å². The average Bonchev–Trinajstić information content (AvgIpc) is 2.35. The molecule has 0 aromatic heterocycles. The molecule has 0 atom stereocenters. The van der Waals surface area contributed by atoms with Crippen LogP contribution in [-0.4, -0.2) is 5.78 Å². The first-order valence-corrected chi connectivity index (χ1v) is 6.45. The van der Waals surface area contributed by atoms with Gasteiger partial charge in [0, 0.05) is 12.2 Å². The second-order valence-electron chi connectivity index (χ2n) is 4.33. The molecule has 0 aliphatic rings. The fourth-order valence-corrected chi connectivity index (χ4v) is 2.29. The van der Waals surface area contributed by atoms with Gasteiger partial charge in [0.1, 0.15) is 5.78 Å². The molecule has 17 heavy (non-hydrogen) atoms. The lowest BCUT2D eigenvalue weighted by atomic mass is 10.0. The molecule has 0 saturated heterocycles. The molecule has 0 saturated carbocycles. The summed E-state index contributed by atoms with van der Waals surface area (Å²) in [6.07, 6.45) is 1.45. The first-order chi connectivity index (χ1) is 8.20. The minimum Gasteiger partial charge on any atom is -0.300 e. The summed E-state index contributed by atoms with van der Waals surface area (Å²) in [5.41, 5.74) is 2.48. The van der Waals surface area contributed by atoms with Crippen LogP contribution in [0, 0.1) is 0 Å². The Hall–Kier alpha value is -1.28. The Morgan fingerprint density at radius 1 is 1.24 bits per heavy atom. The van der Waals surface area contributed by atoms with Crippen LogP contribution in [-0.2, 0) is 17.0 Å². The van der Waals surface area contributed by atoms with Gasteiger partial charge in [0.05, 0.1) is 0 Å². The number of hydrogen-bond acceptors (Lipinski definition) is 2. The average molecular weight is 244 g/mol. The van der Waals surface area contributed by atoms with Crippen molar-refractivity contribution in [1.82, 2.24) is 0 Å². The Labute approximate surface area is 107 Å². The van der Waals surface area contributed by atoms with Crippen molar-refractivity contribution in [2.75, 3.05) is 0 Å². The lowest BCUT2D eigenvalue weighted by Gasteiger charge is -2.06. The van der Waals surface area contributed by atoms with Crippen LogP contribution in [0.4, 0.5) is 0 Å². The van der Waals surface area contributed by atoms with Crippen molar-refractivity contribution in [1.29, 1.82) is 0 Å². The second kappa shape index (κ2) is 5.37. The number of hydrogen-bond donors (Lipinski definition) is 1. The summed E-state index contributed by atoms with van der Waals surface area (Å²) in [5, 5.41) is 2.49. The van der Waals surface area contributed by atoms with E-state index < -0.39 is 0 Å². The summed E-state index contributed by atoms with van der Waals surface area (Å²) < 4.78 is 0. The van der Waals surface area contributed by atoms with Crippen molar-refractivity contribution < 1.29 is 4.79 Å². The van der Waals surface area contributed by atoms with E-state index in [0.29, 0.717) is 6.42 Å². The third-order valence-electron chi connectivity index (χ3n) is 2.97. The number of Topliss-reactive ketones (excluding diaryl/α,β-unsaturated/α-hetero) is 1. The van der Waals surface area contributed by atoms with E-state index in [-0.39, 0.29) is 5.78 Å². The summed E-state index contributed by atoms with van der Waals surface area (Å²) in [6, 6.07) is 12.7. The molecule has 0 N–H and O–H groups in total. The van der Waals surface area contributed by atoms with Gasteiger partial charge in [-0.05, 0) is 35.2 Å². The second-order valence-corrected chi connectivity index (χ2v) is 4.65. The van der Waals surface area contributed by atoms with Crippen molar-refractivity contribution in [2.24, 2.45) is 0 Å². The van der Waals surface area contributed by atoms with Gasteiger partial charge in [0.25, 0.3) is 0 Å². The van der Waals surface area contributed by atoms with Gasteiger partial charge in [0.15, 0.2) is 0 Å². The van der Waals surface area contributed by atoms with Crippen molar-refractivity contribution >= 4 is 29.2 Å². The minimum absolute atomic E-state index is 0.245. The SMILES string of the molecule is CC(=O)CCc1ccc2c(CS)cccc2c1. The fraction of sp³-hybridized carbons (Fsp3) is 0.267. The number of rotatable bonds is 4. The van der Waals surface area contributed by atoms with E-state index in [9.17, 15) is 4.79 Å². The Morgan fingerprint density at radius 2 is 2.06 bits per heavy atom. The van der Waals surface area contributed by atoms with E-state index in [1.54, 1.807) is 6.92 Å². The number of carbonyl (C=O) groups excluding carboxylic acids is 1. The van der Waals surface area contributed by atoms with Crippen molar-refractivity contribution in [3.05, 3.63) is 47.5 Å². The molecule has 0 spiro atoms. The molecular weight excluding hydrogens is 228 g/mol. The van der Waals surface area contributed by atoms with E-state index in [0.717, 1.165) is 12.2 Å². The molecular formula is C15H16OS. The molecule has 0 unspecified atom stereocenters. The molecule has 0 amide bonds. The monoisotopic (exact) mass is 244 g/mol. The first kappa shape index (κ1) is 12.2. The largest absolute Gasteiger partial charge is 0.300 e.